The predicted molar refractivity (Wildman–Crippen MR) is 88.4 cm³/mol. The molecule has 4 nitrogen and oxygen atoms in total. The van der Waals surface area contributed by atoms with Gasteiger partial charge in [0.2, 0.25) is 11.8 Å². The van der Waals surface area contributed by atoms with Crippen molar-refractivity contribution in [3.05, 3.63) is 47.2 Å². The first-order chi connectivity index (χ1) is 10.5. The molecule has 116 valence electrons. The van der Waals surface area contributed by atoms with E-state index in [4.69, 9.17) is 9.68 Å². The molecule has 2 aromatic rings. The van der Waals surface area contributed by atoms with Crippen molar-refractivity contribution in [1.82, 2.24) is 10.2 Å². The van der Waals surface area contributed by atoms with Crippen LogP contribution in [0.15, 0.2) is 28.7 Å². The van der Waals surface area contributed by atoms with E-state index in [1.54, 1.807) is 11.8 Å². The van der Waals surface area contributed by atoms with E-state index in [-0.39, 0.29) is 5.25 Å². The molecule has 0 bridgehead atoms. The minimum absolute atomic E-state index is 0.138. The van der Waals surface area contributed by atoms with Crippen LogP contribution < -0.4 is 0 Å². The summed E-state index contributed by atoms with van der Waals surface area (Å²) >= 11 is 1.77. The van der Waals surface area contributed by atoms with Gasteiger partial charge in [-0.25, -0.2) is 0 Å². The maximum absolute atomic E-state index is 8.84. The van der Waals surface area contributed by atoms with Gasteiger partial charge >= 0.3 is 0 Å². The molecule has 1 aromatic heterocycles. The number of thioether (sulfide) groups is 1. The van der Waals surface area contributed by atoms with Crippen LogP contribution in [-0.2, 0) is 6.42 Å². The Morgan fingerprint density at radius 3 is 2.36 bits per heavy atom. The van der Waals surface area contributed by atoms with Crippen LogP contribution in [0, 0.1) is 17.2 Å². The minimum Gasteiger partial charge on any atom is -0.424 e. The summed E-state index contributed by atoms with van der Waals surface area (Å²) in [6, 6.07) is 9.84. The van der Waals surface area contributed by atoms with Crippen LogP contribution in [-0.4, -0.2) is 10.2 Å². The molecule has 0 aliphatic carbocycles. The predicted octanol–water partition coefficient (Wildman–Crippen LogP) is 4.70. The van der Waals surface area contributed by atoms with E-state index in [2.05, 4.69) is 44.0 Å². The standard InChI is InChI=1S/C17H21N3OS/c1-11(2)9-16-19-20-17(21-16)13(4)22-12(3)15-7-5-14(10-18)6-8-15/h5-8,11-13H,9H2,1-4H3/t12-,13+/m1/s1. The quantitative estimate of drug-likeness (QED) is 0.773. The van der Waals surface area contributed by atoms with Gasteiger partial charge in [0.25, 0.3) is 0 Å². The summed E-state index contributed by atoms with van der Waals surface area (Å²) in [5.74, 6) is 1.90. The summed E-state index contributed by atoms with van der Waals surface area (Å²) in [6.45, 7) is 8.50. The van der Waals surface area contributed by atoms with Crippen LogP contribution in [0.3, 0.4) is 0 Å². The summed E-state index contributed by atoms with van der Waals surface area (Å²) in [5.41, 5.74) is 1.88. The third-order valence-corrected chi connectivity index (χ3v) is 4.62. The summed E-state index contributed by atoms with van der Waals surface area (Å²) in [4.78, 5) is 0. The van der Waals surface area contributed by atoms with E-state index in [0.717, 1.165) is 6.42 Å². The van der Waals surface area contributed by atoms with Gasteiger partial charge in [-0.05, 0) is 37.5 Å². The van der Waals surface area contributed by atoms with Crippen molar-refractivity contribution in [3.8, 4) is 6.07 Å². The van der Waals surface area contributed by atoms with Crippen molar-refractivity contribution in [1.29, 1.82) is 5.26 Å². The maximum atomic E-state index is 8.84. The molecule has 0 aliphatic heterocycles. The van der Waals surface area contributed by atoms with Crippen LogP contribution in [0.2, 0.25) is 0 Å². The third-order valence-electron chi connectivity index (χ3n) is 3.33. The average Bonchev–Trinajstić information content (AvgIpc) is 2.95. The average molecular weight is 315 g/mol. The number of hydrogen-bond acceptors (Lipinski definition) is 5. The summed E-state index contributed by atoms with van der Waals surface area (Å²) < 4.78 is 5.74. The van der Waals surface area contributed by atoms with Crippen molar-refractivity contribution in [2.75, 3.05) is 0 Å². The smallest absolute Gasteiger partial charge is 0.229 e. The number of rotatable bonds is 6. The second-order valence-electron chi connectivity index (χ2n) is 5.79. The molecule has 2 atom stereocenters. The van der Waals surface area contributed by atoms with E-state index < -0.39 is 0 Å². The van der Waals surface area contributed by atoms with Gasteiger partial charge in [-0.2, -0.15) is 5.26 Å². The topological polar surface area (TPSA) is 62.7 Å². The number of nitrogens with zero attached hydrogens (tertiary/aromatic N) is 3. The summed E-state index contributed by atoms with van der Waals surface area (Å²) in [5, 5.41) is 17.6. The highest BCUT2D eigenvalue weighted by atomic mass is 32.2. The van der Waals surface area contributed by atoms with E-state index >= 15 is 0 Å². The van der Waals surface area contributed by atoms with E-state index in [1.807, 2.05) is 24.3 Å². The van der Waals surface area contributed by atoms with Gasteiger partial charge in [-0.1, -0.05) is 26.0 Å². The van der Waals surface area contributed by atoms with Crippen LogP contribution in [0.1, 0.15) is 61.1 Å². The molecule has 22 heavy (non-hydrogen) atoms. The van der Waals surface area contributed by atoms with Crippen molar-refractivity contribution in [2.24, 2.45) is 5.92 Å². The summed E-state index contributed by atoms with van der Waals surface area (Å²) in [6.07, 6.45) is 0.815. The molecule has 0 aliphatic rings. The van der Waals surface area contributed by atoms with E-state index in [9.17, 15) is 0 Å². The number of benzene rings is 1. The first-order valence-electron chi connectivity index (χ1n) is 7.47. The van der Waals surface area contributed by atoms with Crippen molar-refractivity contribution in [2.45, 2.75) is 44.6 Å². The van der Waals surface area contributed by atoms with Crippen molar-refractivity contribution in [3.63, 3.8) is 0 Å². The van der Waals surface area contributed by atoms with Gasteiger partial charge in [0.15, 0.2) is 0 Å². The SMILES string of the molecule is CC(C)Cc1nnc([C@H](C)S[C@H](C)c2ccc(C#N)cc2)o1. The number of aromatic nitrogens is 2. The Hall–Kier alpha value is -1.80. The lowest BCUT2D eigenvalue weighted by Gasteiger charge is -2.15. The van der Waals surface area contributed by atoms with Crippen LogP contribution in [0.25, 0.3) is 0 Å². The Morgan fingerprint density at radius 2 is 1.77 bits per heavy atom. The highest BCUT2D eigenvalue weighted by molar-refractivity contribution is 7.99. The highest BCUT2D eigenvalue weighted by Crippen LogP contribution is 2.39. The minimum atomic E-state index is 0.138. The maximum Gasteiger partial charge on any atom is 0.229 e. The zero-order valence-corrected chi connectivity index (χ0v) is 14.2. The van der Waals surface area contributed by atoms with E-state index in [0.29, 0.717) is 28.5 Å². The molecular formula is C17H21N3OS. The van der Waals surface area contributed by atoms with Crippen molar-refractivity contribution >= 4 is 11.8 Å². The second-order valence-corrected chi connectivity index (χ2v) is 7.47. The molecule has 5 heteroatoms. The van der Waals surface area contributed by atoms with Gasteiger partial charge in [0.1, 0.15) is 0 Å². The third kappa shape index (κ3) is 4.35. The lowest BCUT2D eigenvalue weighted by atomic mass is 10.1. The fraction of sp³-hybridized carbons (Fsp3) is 0.471. The molecule has 0 fully saturated rings. The molecule has 0 radical (unpaired) electrons. The van der Waals surface area contributed by atoms with Gasteiger partial charge in [0.05, 0.1) is 16.9 Å². The number of nitriles is 1. The molecule has 1 heterocycles. The van der Waals surface area contributed by atoms with Crippen molar-refractivity contribution < 1.29 is 4.42 Å². The fourth-order valence-corrected chi connectivity index (χ4v) is 3.27. The van der Waals surface area contributed by atoms with Gasteiger partial charge < -0.3 is 4.42 Å². The Kier molecular flexibility index (Phi) is 5.62. The van der Waals surface area contributed by atoms with Crippen LogP contribution in [0.5, 0.6) is 0 Å². The molecule has 0 unspecified atom stereocenters. The Morgan fingerprint density at radius 1 is 1.09 bits per heavy atom. The van der Waals surface area contributed by atoms with Gasteiger partial charge in [0, 0.05) is 11.7 Å². The van der Waals surface area contributed by atoms with Gasteiger partial charge in [-0.15, -0.1) is 22.0 Å². The monoisotopic (exact) mass is 315 g/mol. The zero-order chi connectivity index (χ0) is 16.1. The molecule has 0 amide bonds. The molecule has 0 saturated heterocycles. The van der Waals surface area contributed by atoms with Gasteiger partial charge in [-0.3, -0.25) is 0 Å². The largest absolute Gasteiger partial charge is 0.424 e. The first-order valence-corrected chi connectivity index (χ1v) is 8.41. The number of hydrogen-bond donors (Lipinski definition) is 0. The second kappa shape index (κ2) is 7.46. The molecule has 1 aromatic carbocycles. The summed E-state index contributed by atoms with van der Waals surface area (Å²) in [7, 11) is 0. The Labute approximate surface area is 135 Å². The molecule has 0 spiro atoms. The Balaban J connectivity index is 1.99. The molecular weight excluding hydrogens is 294 g/mol. The molecule has 2 rings (SSSR count). The fourth-order valence-electron chi connectivity index (χ4n) is 2.13. The molecule has 0 N–H and O–H groups in total. The lowest BCUT2D eigenvalue weighted by molar-refractivity contribution is 0.426. The normalized spacial score (nSPS) is 13.8. The first kappa shape index (κ1) is 16.6. The zero-order valence-electron chi connectivity index (χ0n) is 13.4. The highest BCUT2D eigenvalue weighted by Gasteiger charge is 2.18. The molecule has 0 saturated carbocycles. The van der Waals surface area contributed by atoms with Crippen LogP contribution in [0.4, 0.5) is 0 Å². The van der Waals surface area contributed by atoms with Crippen LogP contribution >= 0.6 is 11.8 Å². The lowest BCUT2D eigenvalue weighted by Crippen LogP contribution is -1.95. The Bertz CT molecular complexity index is 643. The van der Waals surface area contributed by atoms with E-state index in [1.165, 1.54) is 5.56 Å².